The van der Waals surface area contributed by atoms with Crippen LogP contribution in [0, 0.1) is 6.92 Å². The molecule has 7 heteroatoms. The predicted octanol–water partition coefficient (Wildman–Crippen LogP) is 1.64. The zero-order valence-corrected chi connectivity index (χ0v) is 14.1. The Balaban J connectivity index is 1.64. The zero-order valence-electron chi connectivity index (χ0n) is 12.5. The first kappa shape index (κ1) is 15.7. The molecule has 3 heterocycles. The Morgan fingerprint density at radius 2 is 2.14 bits per heavy atom. The first-order valence-corrected chi connectivity index (χ1v) is 9.02. The topological polar surface area (TPSA) is 56.1 Å². The van der Waals surface area contributed by atoms with Crippen LogP contribution in [-0.4, -0.2) is 65.3 Å². The summed E-state index contributed by atoms with van der Waals surface area (Å²) in [7, 11) is 0. The smallest absolute Gasteiger partial charge is 0.286 e. The largest absolute Gasteiger partial charge is 0.395 e. The molecule has 1 aromatic heterocycles. The van der Waals surface area contributed by atoms with E-state index in [1.807, 2.05) is 11.5 Å². The van der Waals surface area contributed by atoms with E-state index in [4.69, 9.17) is 5.11 Å². The highest BCUT2D eigenvalue weighted by atomic mass is 32.2. The van der Waals surface area contributed by atoms with Gasteiger partial charge in [-0.2, -0.15) is 4.99 Å². The summed E-state index contributed by atoms with van der Waals surface area (Å²) < 4.78 is 0. The molecule has 0 aliphatic carbocycles. The number of piperazine rings is 1. The molecular formula is C15H19N3O2S2. The predicted molar refractivity (Wildman–Crippen MR) is 92.2 cm³/mol. The van der Waals surface area contributed by atoms with Crippen LogP contribution in [0.4, 0.5) is 0 Å². The molecule has 0 atom stereocenters. The molecule has 1 amide bonds. The molecule has 0 saturated carbocycles. The number of thiophene rings is 1. The number of carbonyl (C=O) groups is 1. The van der Waals surface area contributed by atoms with Crippen LogP contribution in [0.3, 0.4) is 0 Å². The van der Waals surface area contributed by atoms with Gasteiger partial charge in [-0.1, -0.05) is 0 Å². The molecule has 1 N–H and O–H groups in total. The molecule has 22 heavy (non-hydrogen) atoms. The van der Waals surface area contributed by atoms with Crippen molar-refractivity contribution in [2.45, 2.75) is 6.92 Å². The monoisotopic (exact) mass is 337 g/mol. The number of aliphatic hydroxyl groups is 1. The SMILES string of the molecule is Cc1ccsc1/C=C1/SC(N2CCN(CCO)CC2)=NC1=O. The minimum Gasteiger partial charge on any atom is -0.395 e. The molecule has 0 aromatic carbocycles. The molecular weight excluding hydrogens is 318 g/mol. The summed E-state index contributed by atoms with van der Waals surface area (Å²) >= 11 is 3.12. The van der Waals surface area contributed by atoms with E-state index in [9.17, 15) is 4.79 Å². The van der Waals surface area contributed by atoms with Crippen molar-refractivity contribution in [2.24, 2.45) is 4.99 Å². The lowest BCUT2D eigenvalue weighted by atomic mass is 10.3. The molecule has 5 nitrogen and oxygen atoms in total. The lowest BCUT2D eigenvalue weighted by Gasteiger charge is -2.34. The maximum absolute atomic E-state index is 12.1. The molecule has 0 unspecified atom stereocenters. The number of β-amino-alcohol motifs (C(OH)–C–C–N with tert-alkyl or cyclic N) is 1. The summed E-state index contributed by atoms with van der Waals surface area (Å²) in [5.74, 6) is -0.134. The maximum Gasteiger partial charge on any atom is 0.286 e. The van der Waals surface area contributed by atoms with E-state index >= 15 is 0 Å². The normalized spacial score (nSPS) is 21.7. The van der Waals surface area contributed by atoms with Gasteiger partial charge in [0.05, 0.1) is 11.5 Å². The summed E-state index contributed by atoms with van der Waals surface area (Å²) in [5, 5.41) is 11.8. The highest BCUT2D eigenvalue weighted by Crippen LogP contribution is 2.32. The number of rotatable bonds is 3. The van der Waals surface area contributed by atoms with Crippen molar-refractivity contribution in [1.29, 1.82) is 0 Å². The Bertz CT molecular complexity index is 616. The Hall–Kier alpha value is -1.15. The van der Waals surface area contributed by atoms with Gasteiger partial charge in [0, 0.05) is 37.6 Å². The second-order valence-corrected chi connectivity index (χ2v) is 7.29. The number of amidine groups is 1. The first-order chi connectivity index (χ1) is 10.7. The van der Waals surface area contributed by atoms with E-state index in [1.54, 1.807) is 11.3 Å². The first-order valence-electron chi connectivity index (χ1n) is 7.32. The third kappa shape index (κ3) is 3.43. The number of aliphatic imine (C=N–C) groups is 1. The van der Waals surface area contributed by atoms with Crippen molar-refractivity contribution in [1.82, 2.24) is 9.80 Å². The van der Waals surface area contributed by atoms with Crippen molar-refractivity contribution in [3.05, 3.63) is 26.8 Å². The fourth-order valence-electron chi connectivity index (χ4n) is 2.49. The second kappa shape index (κ2) is 6.95. The number of nitrogens with zero attached hydrogens (tertiary/aromatic N) is 3. The summed E-state index contributed by atoms with van der Waals surface area (Å²) in [6, 6.07) is 2.06. The van der Waals surface area contributed by atoms with Crippen LogP contribution in [0.5, 0.6) is 0 Å². The van der Waals surface area contributed by atoms with Crippen molar-refractivity contribution in [2.75, 3.05) is 39.3 Å². The van der Waals surface area contributed by atoms with Crippen LogP contribution < -0.4 is 0 Å². The van der Waals surface area contributed by atoms with Crippen molar-refractivity contribution in [3.8, 4) is 0 Å². The van der Waals surface area contributed by atoms with Gasteiger partial charge in [-0.25, -0.2) is 0 Å². The standard InChI is InChI=1S/C15H19N3O2S2/c1-11-2-9-21-12(11)10-13-14(20)16-15(22-13)18-5-3-17(4-6-18)7-8-19/h2,9-10,19H,3-8H2,1H3/b13-10+. The molecule has 0 spiro atoms. The van der Waals surface area contributed by atoms with Crippen molar-refractivity contribution >= 4 is 40.2 Å². The van der Waals surface area contributed by atoms with E-state index in [1.165, 1.54) is 17.3 Å². The molecule has 3 rings (SSSR count). The molecule has 118 valence electrons. The number of thioether (sulfide) groups is 1. The van der Waals surface area contributed by atoms with Crippen LogP contribution >= 0.6 is 23.1 Å². The fraction of sp³-hybridized carbons (Fsp3) is 0.467. The highest BCUT2D eigenvalue weighted by molar-refractivity contribution is 8.18. The number of hydrogen-bond acceptors (Lipinski definition) is 6. The van der Waals surface area contributed by atoms with Gasteiger partial charge in [0.1, 0.15) is 0 Å². The van der Waals surface area contributed by atoms with Crippen LogP contribution in [0.25, 0.3) is 6.08 Å². The van der Waals surface area contributed by atoms with Gasteiger partial charge in [-0.3, -0.25) is 9.69 Å². The quantitative estimate of drug-likeness (QED) is 0.850. The van der Waals surface area contributed by atoms with Gasteiger partial charge in [-0.05, 0) is 41.8 Å². The second-order valence-electron chi connectivity index (χ2n) is 5.33. The third-order valence-corrected chi connectivity index (χ3v) is 5.84. The van der Waals surface area contributed by atoms with Crippen LogP contribution in [-0.2, 0) is 4.79 Å². The lowest BCUT2D eigenvalue weighted by molar-refractivity contribution is -0.113. The summed E-state index contributed by atoms with van der Waals surface area (Å²) in [6.07, 6.45) is 1.95. The van der Waals surface area contributed by atoms with E-state index < -0.39 is 0 Å². The molecule has 1 saturated heterocycles. The van der Waals surface area contributed by atoms with Crippen LogP contribution in [0.2, 0.25) is 0 Å². The van der Waals surface area contributed by atoms with Gasteiger partial charge >= 0.3 is 0 Å². The minimum absolute atomic E-state index is 0.134. The van der Waals surface area contributed by atoms with E-state index in [0.29, 0.717) is 4.91 Å². The van der Waals surface area contributed by atoms with Crippen LogP contribution in [0.15, 0.2) is 21.3 Å². The number of aliphatic hydroxyl groups excluding tert-OH is 1. The number of hydrogen-bond donors (Lipinski definition) is 1. The summed E-state index contributed by atoms with van der Waals surface area (Å²) in [6.45, 7) is 6.47. The van der Waals surface area contributed by atoms with Crippen molar-refractivity contribution < 1.29 is 9.90 Å². The average molecular weight is 337 g/mol. The number of aryl methyl sites for hydroxylation is 1. The molecule has 0 bridgehead atoms. The molecule has 1 aromatic rings. The van der Waals surface area contributed by atoms with Crippen LogP contribution in [0.1, 0.15) is 10.4 Å². The Labute approximate surface area is 138 Å². The Kier molecular flexibility index (Phi) is 4.97. The van der Waals surface area contributed by atoms with Crippen molar-refractivity contribution in [3.63, 3.8) is 0 Å². The molecule has 2 aliphatic heterocycles. The Morgan fingerprint density at radius 3 is 2.77 bits per heavy atom. The van der Waals surface area contributed by atoms with Gasteiger partial charge < -0.3 is 10.0 Å². The van der Waals surface area contributed by atoms with E-state index in [0.717, 1.165) is 42.8 Å². The van der Waals surface area contributed by atoms with Gasteiger partial charge in [0.25, 0.3) is 5.91 Å². The fourth-order valence-corrected chi connectivity index (χ4v) is 4.37. The molecule has 2 aliphatic rings. The minimum atomic E-state index is -0.134. The number of amides is 1. The molecule has 1 fully saturated rings. The summed E-state index contributed by atoms with van der Waals surface area (Å²) in [4.78, 5) is 22.5. The third-order valence-electron chi connectivity index (χ3n) is 3.83. The highest BCUT2D eigenvalue weighted by Gasteiger charge is 2.28. The summed E-state index contributed by atoms with van der Waals surface area (Å²) in [5.41, 5.74) is 1.19. The Morgan fingerprint density at radius 1 is 1.36 bits per heavy atom. The van der Waals surface area contributed by atoms with E-state index in [-0.39, 0.29) is 12.5 Å². The molecule has 0 radical (unpaired) electrons. The lowest BCUT2D eigenvalue weighted by Crippen LogP contribution is -2.48. The maximum atomic E-state index is 12.1. The van der Waals surface area contributed by atoms with Gasteiger partial charge in [-0.15, -0.1) is 11.3 Å². The van der Waals surface area contributed by atoms with Gasteiger partial charge in [0.15, 0.2) is 5.17 Å². The average Bonchev–Trinajstić information content (AvgIpc) is 3.08. The zero-order chi connectivity index (χ0) is 15.5. The number of carbonyl (C=O) groups excluding carboxylic acids is 1. The van der Waals surface area contributed by atoms with Gasteiger partial charge in [0.2, 0.25) is 0 Å². The van der Waals surface area contributed by atoms with E-state index in [2.05, 4.69) is 27.8 Å².